The zero-order valence-electron chi connectivity index (χ0n) is 16.3. The molecule has 0 N–H and O–H groups in total. The van der Waals surface area contributed by atoms with Crippen molar-refractivity contribution in [3.63, 3.8) is 0 Å². The molecule has 6 nitrogen and oxygen atoms in total. The van der Waals surface area contributed by atoms with Crippen molar-refractivity contribution in [1.29, 1.82) is 0 Å². The van der Waals surface area contributed by atoms with Crippen molar-refractivity contribution < 1.29 is 9.53 Å². The van der Waals surface area contributed by atoms with E-state index in [1.165, 1.54) is 11.9 Å². The molecule has 1 saturated heterocycles. The largest absolute Gasteiger partial charge is 0.473 e. The van der Waals surface area contributed by atoms with Gasteiger partial charge in [-0.05, 0) is 11.1 Å². The molecule has 0 spiro atoms. The summed E-state index contributed by atoms with van der Waals surface area (Å²) in [6.07, 6.45) is 1.39. The van der Waals surface area contributed by atoms with Crippen molar-refractivity contribution in [2.45, 2.75) is 13.2 Å². The van der Waals surface area contributed by atoms with Crippen LogP contribution in [0.25, 0.3) is 0 Å². The van der Waals surface area contributed by atoms with Gasteiger partial charge in [0.1, 0.15) is 18.6 Å². The molecule has 2 aromatic carbocycles. The molecular formula is C23H24N4O2. The number of aromatic nitrogens is 2. The smallest absolute Gasteiger partial charge is 0.272 e. The minimum absolute atomic E-state index is 0.0728. The lowest BCUT2D eigenvalue weighted by Gasteiger charge is -2.34. The first kappa shape index (κ1) is 19.1. The highest BCUT2D eigenvalue weighted by Gasteiger charge is 2.23. The topological polar surface area (TPSA) is 58.6 Å². The zero-order valence-corrected chi connectivity index (χ0v) is 16.3. The van der Waals surface area contributed by atoms with Gasteiger partial charge < -0.3 is 9.64 Å². The number of piperazine rings is 1. The quantitative estimate of drug-likeness (QED) is 0.650. The van der Waals surface area contributed by atoms with Crippen LogP contribution in [-0.2, 0) is 13.2 Å². The van der Waals surface area contributed by atoms with Crippen molar-refractivity contribution in [2.75, 3.05) is 26.2 Å². The number of rotatable bonds is 6. The molecule has 1 aliphatic heterocycles. The molecule has 1 amide bonds. The summed E-state index contributed by atoms with van der Waals surface area (Å²) in [6, 6.07) is 21.9. The lowest BCUT2D eigenvalue weighted by Crippen LogP contribution is -2.48. The van der Waals surface area contributed by atoms with Gasteiger partial charge in [0, 0.05) is 38.8 Å². The van der Waals surface area contributed by atoms with Crippen LogP contribution in [0.1, 0.15) is 21.6 Å². The summed E-state index contributed by atoms with van der Waals surface area (Å²) in [5.74, 6) is 0.339. The maximum absolute atomic E-state index is 12.9. The first-order valence-corrected chi connectivity index (χ1v) is 9.82. The van der Waals surface area contributed by atoms with Crippen molar-refractivity contribution >= 4 is 5.91 Å². The van der Waals surface area contributed by atoms with E-state index in [9.17, 15) is 4.79 Å². The second kappa shape index (κ2) is 9.30. The second-order valence-electron chi connectivity index (χ2n) is 7.07. The Labute approximate surface area is 170 Å². The van der Waals surface area contributed by atoms with E-state index in [0.717, 1.165) is 25.2 Å². The van der Waals surface area contributed by atoms with Crippen molar-refractivity contribution in [2.24, 2.45) is 0 Å². The zero-order chi connectivity index (χ0) is 19.9. The molecule has 0 unspecified atom stereocenters. The Kier molecular flexibility index (Phi) is 6.12. The van der Waals surface area contributed by atoms with Crippen LogP contribution < -0.4 is 4.74 Å². The normalized spacial score (nSPS) is 14.6. The first-order valence-electron chi connectivity index (χ1n) is 9.82. The fraction of sp³-hybridized carbons (Fsp3) is 0.261. The number of carbonyl (C=O) groups is 1. The molecule has 148 valence electrons. The molecular weight excluding hydrogens is 364 g/mol. The van der Waals surface area contributed by atoms with E-state index in [1.54, 1.807) is 6.07 Å². The molecule has 4 rings (SSSR count). The SMILES string of the molecule is O=C(c1cc(OCc2ccccc2)ncn1)N1CCN(Cc2ccccc2)CC1. The lowest BCUT2D eigenvalue weighted by molar-refractivity contribution is 0.0622. The fourth-order valence-corrected chi connectivity index (χ4v) is 3.38. The van der Waals surface area contributed by atoms with Crippen molar-refractivity contribution in [3.8, 4) is 5.88 Å². The number of benzene rings is 2. The van der Waals surface area contributed by atoms with Gasteiger partial charge in [0.25, 0.3) is 5.91 Å². The van der Waals surface area contributed by atoms with Crippen LogP contribution in [0, 0.1) is 0 Å². The molecule has 0 bridgehead atoms. The van der Waals surface area contributed by atoms with Crippen LogP contribution in [0.15, 0.2) is 73.1 Å². The number of hydrogen-bond donors (Lipinski definition) is 0. The highest BCUT2D eigenvalue weighted by molar-refractivity contribution is 5.92. The Morgan fingerprint density at radius 3 is 2.21 bits per heavy atom. The van der Waals surface area contributed by atoms with Gasteiger partial charge in [0.2, 0.25) is 5.88 Å². The number of ether oxygens (including phenoxy) is 1. The predicted octanol–water partition coefficient (Wildman–Crippen LogP) is 3.01. The molecule has 6 heteroatoms. The van der Waals surface area contributed by atoms with Gasteiger partial charge in [-0.2, -0.15) is 0 Å². The van der Waals surface area contributed by atoms with Gasteiger partial charge in [-0.15, -0.1) is 0 Å². The second-order valence-corrected chi connectivity index (χ2v) is 7.07. The maximum Gasteiger partial charge on any atom is 0.272 e. The molecule has 3 aromatic rings. The van der Waals surface area contributed by atoms with Crippen LogP contribution in [-0.4, -0.2) is 51.9 Å². The molecule has 0 atom stereocenters. The third-order valence-corrected chi connectivity index (χ3v) is 5.00. The summed E-state index contributed by atoms with van der Waals surface area (Å²) in [6.45, 7) is 4.40. The fourth-order valence-electron chi connectivity index (χ4n) is 3.38. The molecule has 1 fully saturated rings. The van der Waals surface area contributed by atoms with Crippen LogP contribution >= 0.6 is 0 Å². The molecule has 29 heavy (non-hydrogen) atoms. The predicted molar refractivity (Wildman–Crippen MR) is 110 cm³/mol. The van der Waals surface area contributed by atoms with Gasteiger partial charge >= 0.3 is 0 Å². The van der Waals surface area contributed by atoms with Crippen molar-refractivity contribution in [1.82, 2.24) is 19.8 Å². The maximum atomic E-state index is 12.9. The van der Waals surface area contributed by atoms with Gasteiger partial charge in [-0.25, -0.2) is 9.97 Å². The summed E-state index contributed by atoms with van der Waals surface area (Å²) in [4.78, 5) is 25.4. The summed E-state index contributed by atoms with van der Waals surface area (Å²) >= 11 is 0. The average Bonchev–Trinajstić information content (AvgIpc) is 2.79. The Bertz CT molecular complexity index is 926. The van der Waals surface area contributed by atoms with Gasteiger partial charge in [-0.3, -0.25) is 9.69 Å². The third kappa shape index (κ3) is 5.18. The molecule has 0 radical (unpaired) electrons. The van der Waals surface area contributed by atoms with Crippen molar-refractivity contribution in [3.05, 3.63) is 89.9 Å². The van der Waals surface area contributed by atoms with Gasteiger partial charge in [-0.1, -0.05) is 60.7 Å². The Balaban J connectivity index is 1.31. The molecule has 2 heterocycles. The van der Waals surface area contributed by atoms with Crippen LogP contribution in [0.5, 0.6) is 5.88 Å². The summed E-state index contributed by atoms with van der Waals surface area (Å²) in [7, 11) is 0. The summed E-state index contributed by atoms with van der Waals surface area (Å²) in [5.41, 5.74) is 2.72. The highest BCUT2D eigenvalue weighted by atomic mass is 16.5. The molecule has 0 saturated carbocycles. The Hall–Kier alpha value is -3.25. The minimum Gasteiger partial charge on any atom is -0.473 e. The lowest BCUT2D eigenvalue weighted by atomic mass is 10.2. The molecule has 1 aromatic heterocycles. The number of hydrogen-bond acceptors (Lipinski definition) is 5. The summed E-state index contributed by atoms with van der Waals surface area (Å²) in [5, 5.41) is 0. The van der Waals surface area contributed by atoms with E-state index in [1.807, 2.05) is 41.3 Å². The van der Waals surface area contributed by atoms with Gasteiger partial charge in [0.15, 0.2) is 0 Å². The number of carbonyl (C=O) groups excluding carboxylic acids is 1. The third-order valence-electron chi connectivity index (χ3n) is 5.00. The minimum atomic E-state index is -0.0728. The van der Waals surface area contributed by atoms with E-state index in [-0.39, 0.29) is 5.91 Å². The number of nitrogens with zero attached hydrogens (tertiary/aromatic N) is 4. The highest BCUT2D eigenvalue weighted by Crippen LogP contribution is 2.14. The monoisotopic (exact) mass is 388 g/mol. The average molecular weight is 388 g/mol. The van der Waals surface area contributed by atoms with Crippen LogP contribution in [0.3, 0.4) is 0 Å². The first-order chi connectivity index (χ1) is 14.3. The van der Waals surface area contributed by atoms with E-state index in [4.69, 9.17) is 4.74 Å². The van der Waals surface area contributed by atoms with E-state index < -0.39 is 0 Å². The standard InChI is InChI=1S/C23H24N4O2/c28-23(27-13-11-26(12-14-27)16-19-7-3-1-4-8-19)21-15-22(25-18-24-21)29-17-20-9-5-2-6-10-20/h1-10,15,18H,11-14,16-17H2. The van der Waals surface area contributed by atoms with E-state index in [2.05, 4.69) is 39.1 Å². The van der Waals surface area contributed by atoms with E-state index in [0.29, 0.717) is 31.3 Å². The Morgan fingerprint density at radius 1 is 0.862 bits per heavy atom. The van der Waals surface area contributed by atoms with Crippen LogP contribution in [0.2, 0.25) is 0 Å². The molecule has 1 aliphatic rings. The Morgan fingerprint density at radius 2 is 1.52 bits per heavy atom. The molecule has 0 aliphatic carbocycles. The van der Waals surface area contributed by atoms with E-state index >= 15 is 0 Å². The summed E-state index contributed by atoms with van der Waals surface area (Å²) < 4.78 is 5.72. The van der Waals surface area contributed by atoms with Gasteiger partial charge in [0.05, 0.1) is 0 Å². The van der Waals surface area contributed by atoms with Crippen LogP contribution in [0.4, 0.5) is 0 Å². The number of amides is 1.